The van der Waals surface area contributed by atoms with Gasteiger partial charge in [-0.05, 0) is 68.1 Å². The summed E-state index contributed by atoms with van der Waals surface area (Å²) in [6.45, 7) is 6.77. The van der Waals surface area contributed by atoms with E-state index in [2.05, 4.69) is 17.1 Å². The predicted octanol–water partition coefficient (Wildman–Crippen LogP) is 4.62. The third-order valence-electron chi connectivity index (χ3n) is 7.15. The van der Waals surface area contributed by atoms with E-state index in [1.165, 1.54) is 12.1 Å². The zero-order valence-electron chi connectivity index (χ0n) is 20.3. The molecule has 0 unspecified atom stereocenters. The number of piperazine rings is 1. The Morgan fingerprint density at radius 2 is 1.91 bits per heavy atom. The summed E-state index contributed by atoms with van der Waals surface area (Å²) < 4.78 is 19.7. The van der Waals surface area contributed by atoms with E-state index in [-0.39, 0.29) is 23.7 Å². The molecule has 182 valence electrons. The lowest BCUT2D eigenvalue weighted by molar-refractivity contribution is -0.140. The minimum Gasteiger partial charge on any atom is -0.497 e. The van der Waals surface area contributed by atoms with Gasteiger partial charge in [-0.2, -0.15) is 0 Å². The number of carbonyl (C=O) groups is 2. The third-order valence-corrected chi connectivity index (χ3v) is 7.15. The molecule has 2 amide bonds. The van der Waals surface area contributed by atoms with Crippen molar-refractivity contribution in [2.45, 2.75) is 52.1 Å². The molecule has 1 saturated heterocycles. The maximum atomic E-state index is 14.5. The maximum absolute atomic E-state index is 14.5. The van der Waals surface area contributed by atoms with Crippen LogP contribution in [0.5, 0.6) is 5.75 Å². The van der Waals surface area contributed by atoms with Gasteiger partial charge in [-0.15, -0.1) is 0 Å². The Hall–Kier alpha value is -2.93. The summed E-state index contributed by atoms with van der Waals surface area (Å²) in [6, 6.07) is 9.89. The van der Waals surface area contributed by atoms with Gasteiger partial charge in [-0.1, -0.05) is 18.9 Å². The monoisotopic (exact) mass is 467 g/mol. The Morgan fingerprint density at radius 1 is 1.15 bits per heavy atom. The van der Waals surface area contributed by atoms with E-state index in [9.17, 15) is 14.0 Å². The van der Waals surface area contributed by atoms with Crippen LogP contribution in [0.2, 0.25) is 0 Å². The highest BCUT2D eigenvalue weighted by molar-refractivity contribution is 6.05. The molecule has 2 aliphatic rings. The number of ether oxygens (including phenoxy) is 1. The number of nitrogens with one attached hydrogen (secondary N) is 1. The van der Waals surface area contributed by atoms with Crippen LogP contribution in [0.4, 0.5) is 10.1 Å². The SMILES string of the molecule is COc1cccc(C(=O)Nc2cc(F)cc(CN3CCN(C(=O)C4CCCC4)[C@@H](C)C3)c2C)c1. The first-order chi connectivity index (χ1) is 16.4. The van der Waals surface area contributed by atoms with E-state index in [1.54, 1.807) is 31.4 Å². The molecule has 0 spiro atoms. The normalized spacial score (nSPS) is 19.3. The Labute approximate surface area is 201 Å². The van der Waals surface area contributed by atoms with Gasteiger partial charge in [0.2, 0.25) is 5.91 Å². The number of rotatable bonds is 6. The number of halogens is 1. The highest BCUT2D eigenvalue weighted by atomic mass is 19.1. The molecule has 1 aliphatic carbocycles. The highest BCUT2D eigenvalue weighted by Gasteiger charge is 2.33. The lowest BCUT2D eigenvalue weighted by Gasteiger charge is -2.41. The van der Waals surface area contributed by atoms with Gasteiger partial charge in [0.1, 0.15) is 11.6 Å². The second-order valence-electron chi connectivity index (χ2n) is 9.52. The average Bonchev–Trinajstić information content (AvgIpc) is 3.37. The number of hydrogen-bond acceptors (Lipinski definition) is 4. The third kappa shape index (κ3) is 5.41. The van der Waals surface area contributed by atoms with Crippen LogP contribution >= 0.6 is 0 Å². The van der Waals surface area contributed by atoms with Crippen molar-refractivity contribution in [3.05, 3.63) is 58.9 Å². The van der Waals surface area contributed by atoms with Gasteiger partial charge in [0.25, 0.3) is 5.91 Å². The standard InChI is InChI=1S/C27H34FN3O3/c1-18-16-30(11-12-31(18)27(33)20-7-4-5-8-20)17-22-13-23(28)15-25(19(22)2)29-26(32)21-9-6-10-24(14-21)34-3/h6,9-10,13-15,18,20H,4-5,7-8,11-12,16-17H2,1-3H3,(H,29,32)/t18-/m0/s1. The molecule has 34 heavy (non-hydrogen) atoms. The van der Waals surface area contributed by atoms with E-state index in [0.717, 1.165) is 49.9 Å². The predicted molar refractivity (Wildman–Crippen MR) is 130 cm³/mol. The Kier molecular flexibility index (Phi) is 7.51. The zero-order chi connectivity index (χ0) is 24.2. The molecule has 1 atom stereocenters. The molecule has 0 bridgehead atoms. The molecular weight excluding hydrogens is 433 g/mol. The van der Waals surface area contributed by atoms with Crippen molar-refractivity contribution in [3.8, 4) is 5.75 Å². The number of methoxy groups -OCH3 is 1. The van der Waals surface area contributed by atoms with E-state index in [1.807, 2.05) is 11.8 Å². The second-order valence-corrected chi connectivity index (χ2v) is 9.52. The Bertz CT molecular complexity index is 1050. The lowest BCUT2D eigenvalue weighted by atomic mass is 10.0. The average molecular weight is 468 g/mol. The summed E-state index contributed by atoms with van der Waals surface area (Å²) in [5.74, 6) is 0.379. The number of amides is 2. The smallest absolute Gasteiger partial charge is 0.255 e. The van der Waals surface area contributed by atoms with Crippen LogP contribution in [0.1, 0.15) is 54.1 Å². The largest absolute Gasteiger partial charge is 0.497 e. The molecule has 2 fully saturated rings. The molecule has 4 rings (SSSR count). The minimum atomic E-state index is -0.385. The first-order valence-electron chi connectivity index (χ1n) is 12.1. The molecular formula is C27H34FN3O3. The van der Waals surface area contributed by atoms with Gasteiger partial charge in [-0.25, -0.2) is 4.39 Å². The van der Waals surface area contributed by atoms with Crippen LogP contribution in [-0.4, -0.2) is 54.4 Å². The molecule has 1 aliphatic heterocycles. The van der Waals surface area contributed by atoms with Crippen molar-refractivity contribution >= 4 is 17.5 Å². The van der Waals surface area contributed by atoms with Crippen molar-refractivity contribution in [2.24, 2.45) is 5.92 Å². The summed E-state index contributed by atoms with van der Waals surface area (Å²) in [5, 5.41) is 2.85. The number of benzene rings is 2. The van der Waals surface area contributed by atoms with E-state index in [4.69, 9.17) is 4.74 Å². The van der Waals surface area contributed by atoms with Crippen LogP contribution in [0, 0.1) is 18.7 Å². The number of carbonyl (C=O) groups excluding carboxylic acids is 2. The van der Waals surface area contributed by atoms with Crippen LogP contribution in [0.3, 0.4) is 0 Å². The quantitative estimate of drug-likeness (QED) is 0.674. The number of hydrogen-bond donors (Lipinski definition) is 1. The van der Waals surface area contributed by atoms with E-state index >= 15 is 0 Å². The summed E-state index contributed by atoms with van der Waals surface area (Å²) in [5.41, 5.74) is 2.59. The van der Waals surface area contributed by atoms with Crippen LogP contribution in [-0.2, 0) is 11.3 Å². The Balaban J connectivity index is 1.43. The van der Waals surface area contributed by atoms with Crippen LogP contribution < -0.4 is 10.1 Å². The second kappa shape index (κ2) is 10.6. The van der Waals surface area contributed by atoms with Crippen molar-refractivity contribution in [2.75, 3.05) is 32.1 Å². The molecule has 7 heteroatoms. The van der Waals surface area contributed by atoms with Crippen molar-refractivity contribution in [1.82, 2.24) is 9.80 Å². The minimum absolute atomic E-state index is 0.128. The fraction of sp³-hybridized carbons (Fsp3) is 0.481. The summed E-state index contributed by atoms with van der Waals surface area (Å²) >= 11 is 0. The van der Waals surface area contributed by atoms with Gasteiger partial charge >= 0.3 is 0 Å². The zero-order valence-corrected chi connectivity index (χ0v) is 20.3. The number of anilines is 1. The van der Waals surface area contributed by atoms with Crippen molar-refractivity contribution in [3.63, 3.8) is 0 Å². The molecule has 0 aromatic heterocycles. The van der Waals surface area contributed by atoms with Gasteiger partial charge < -0.3 is 15.0 Å². The maximum Gasteiger partial charge on any atom is 0.255 e. The van der Waals surface area contributed by atoms with Crippen LogP contribution in [0.15, 0.2) is 36.4 Å². The van der Waals surface area contributed by atoms with Gasteiger partial charge in [0.15, 0.2) is 0 Å². The van der Waals surface area contributed by atoms with E-state index < -0.39 is 0 Å². The molecule has 0 radical (unpaired) electrons. The molecule has 1 N–H and O–H groups in total. The topological polar surface area (TPSA) is 61.9 Å². The highest BCUT2D eigenvalue weighted by Crippen LogP contribution is 2.29. The first kappa shape index (κ1) is 24.2. The Morgan fingerprint density at radius 3 is 2.62 bits per heavy atom. The molecule has 1 saturated carbocycles. The molecule has 6 nitrogen and oxygen atoms in total. The summed E-state index contributed by atoms with van der Waals surface area (Å²) in [6.07, 6.45) is 4.33. The van der Waals surface area contributed by atoms with E-state index in [0.29, 0.717) is 36.0 Å². The lowest BCUT2D eigenvalue weighted by Crippen LogP contribution is -2.54. The number of nitrogens with zero attached hydrogens (tertiary/aromatic N) is 2. The fourth-order valence-electron chi connectivity index (χ4n) is 5.14. The summed E-state index contributed by atoms with van der Waals surface area (Å²) in [7, 11) is 1.55. The molecule has 2 aromatic carbocycles. The van der Waals surface area contributed by atoms with Crippen molar-refractivity contribution in [1.29, 1.82) is 0 Å². The van der Waals surface area contributed by atoms with Gasteiger partial charge in [0, 0.05) is 49.4 Å². The van der Waals surface area contributed by atoms with Gasteiger partial charge in [-0.3, -0.25) is 14.5 Å². The van der Waals surface area contributed by atoms with Crippen molar-refractivity contribution < 1.29 is 18.7 Å². The first-order valence-corrected chi connectivity index (χ1v) is 12.1. The molecule has 2 aromatic rings. The van der Waals surface area contributed by atoms with Gasteiger partial charge in [0.05, 0.1) is 7.11 Å². The fourth-order valence-corrected chi connectivity index (χ4v) is 5.14. The summed E-state index contributed by atoms with van der Waals surface area (Å²) in [4.78, 5) is 29.9. The van der Waals surface area contributed by atoms with Crippen LogP contribution in [0.25, 0.3) is 0 Å². The molecule has 1 heterocycles.